The number of hydrogen-bond acceptors (Lipinski definition) is 7. The van der Waals surface area contributed by atoms with Gasteiger partial charge in [-0.15, -0.1) is 0 Å². The predicted octanol–water partition coefficient (Wildman–Crippen LogP) is 0.757. The second-order valence-corrected chi connectivity index (χ2v) is 3.79. The van der Waals surface area contributed by atoms with Crippen LogP contribution in [0, 0.1) is 17.2 Å². The average Bonchev–Trinajstić information content (AvgIpc) is 2.43. The normalized spacial score (nSPS) is 11.5. The quantitative estimate of drug-likeness (QED) is 0.567. The van der Waals surface area contributed by atoms with Gasteiger partial charge in [-0.1, -0.05) is 0 Å². The van der Waals surface area contributed by atoms with Crippen LogP contribution in [0.1, 0.15) is 13.8 Å². The van der Waals surface area contributed by atoms with Gasteiger partial charge in [0.2, 0.25) is 5.75 Å². The molecule has 0 aliphatic rings. The van der Waals surface area contributed by atoms with Crippen molar-refractivity contribution in [3.8, 4) is 11.8 Å². The lowest BCUT2D eigenvalue weighted by atomic mass is 10.2. The van der Waals surface area contributed by atoms with Crippen molar-refractivity contribution in [2.75, 3.05) is 30.5 Å². The molecule has 18 heavy (non-hydrogen) atoms. The van der Waals surface area contributed by atoms with E-state index >= 15 is 0 Å². The summed E-state index contributed by atoms with van der Waals surface area (Å²) in [6.07, 6.45) is 1.41. The van der Waals surface area contributed by atoms with E-state index in [1.54, 1.807) is 0 Å². The number of ether oxygens (including phenoxy) is 1. The Balaban J connectivity index is 3.09. The molecule has 7 nitrogen and oxygen atoms in total. The summed E-state index contributed by atoms with van der Waals surface area (Å²) < 4.78 is 5.27. The largest absolute Gasteiger partial charge is 0.490 e. The highest BCUT2D eigenvalue weighted by atomic mass is 16.5. The first-order valence-electron chi connectivity index (χ1n) is 5.68. The smallest absolute Gasteiger partial charge is 0.205 e. The van der Waals surface area contributed by atoms with Crippen LogP contribution in [0.3, 0.4) is 0 Å². The van der Waals surface area contributed by atoms with Gasteiger partial charge in [0.25, 0.3) is 0 Å². The molecule has 0 radical (unpaired) electrons. The molecular weight excluding hydrogens is 232 g/mol. The van der Waals surface area contributed by atoms with Gasteiger partial charge in [-0.3, -0.25) is 0 Å². The minimum Gasteiger partial charge on any atom is -0.490 e. The highest BCUT2D eigenvalue weighted by molar-refractivity contribution is 5.64. The molecule has 7 heteroatoms. The molecule has 3 N–H and O–H groups in total. The number of nitrogens with zero attached hydrogens (tertiary/aromatic N) is 4. The Morgan fingerprint density at radius 3 is 2.83 bits per heavy atom. The third-order valence-corrected chi connectivity index (χ3v) is 2.52. The number of hydrazine groups is 1. The number of nitrogens with two attached hydrogens (primary N) is 1. The minimum absolute atomic E-state index is 0.0982. The molecule has 1 rings (SSSR count). The van der Waals surface area contributed by atoms with Crippen LogP contribution in [-0.2, 0) is 0 Å². The summed E-state index contributed by atoms with van der Waals surface area (Å²) in [4.78, 5) is 10.1. The van der Waals surface area contributed by atoms with Crippen molar-refractivity contribution in [2.24, 2.45) is 11.8 Å². The number of hydrogen-bond donors (Lipinski definition) is 2. The van der Waals surface area contributed by atoms with Gasteiger partial charge in [-0.2, -0.15) is 5.26 Å². The van der Waals surface area contributed by atoms with Crippen molar-refractivity contribution in [2.45, 2.75) is 13.8 Å². The van der Waals surface area contributed by atoms with Crippen molar-refractivity contribution < 1.29 is 4.74 Å². The molecule has 0 bridgehead atoms. The first-order valence-corrected chi connectivity index (χ1v) is 5.68. The van der Waals surface area contributed by atoms with E-state index in [1.165, 1.54) is 13.4 Å². The minimum atomic E-state index is -0.0982. The molecule has 0 saturated heterocycles. The SMILES string of the molecule is CCN(CC(C)C#N)c1ncnc(NN)c1OC. The number of nitrogen functional groups attached to an aromatic ring is 1. The Morgan fingerprint density at radius 1 is 1.61 bits per heavy atom. The summed E-state index contributed by atoms with van der Waals surface area (Å²) in [5.74, 6) is 6.80. The molecule has 98 valence electrons. The molecule has 1 aromatic heterocycles. The van der Waals surface area contributed by atoms with Crippen LogP contribution in [-0.4, -0.2) is 30.2 Å². The lowest BCUT2D eigenvalue weighted by Crippen LogP contribution is -2.29. The average molecular weight is 250 g/mol. The number of rotatable bonds is 6. The molecule has 1 heterocycles. The second kappa shape index (κ2) is 6.61. The van der Waals surface area contributed by atoms with Gasteiger partial charge in [0.1, 0.15) is 6.33 Å². The fourth-order valence-corrected chi connectivity index (χ4v) is 1.62. The van der Waals surface area contributed by atoms with E-state index in [2.05, 4.69) is 21.5 Å². The molecule has 0 aliphatic carbocycles. The summed E-state index contributed by atoms with van der Waals surface area (Å²) in [6.45, 7) is 5.13. The van der Waals surface area contributed by atoms with Crippen LogP contribution in [0.25, 0.3) is 0 Å². The van der Waals surface area contributed by atoms with E-state index in [1.807, 2.05) is 18.7 Å². The van der Waals surface area contributed by atoms with Crippen molar-refractivity contribution in [3.05, 3.63) is 6.33 Å². The van der Waals surface area contributed by atoms with Gasteiger partial charge < -0.3 is 15.1 Å². The summed E-state index contributed by atoms with van der Waals surface area (Å²) in [5.41, 5.74) is 2.47. The van der Waals surface area contributed by atoms with Gasteiger partial charge in [0, 0.05) is 13.1 Å². The van der Waals surface area contributed by atoms with Gasteiger partial charge in [-0.05, 0) is 13.8 Å². The molecule has 1 unspecified atom stereocenters. The zero-order valence-corrected chi connectivity index (χ0v) is 10.8. The molecule has 1 aromatic rings. The predicted molar refractivity (Wildman–Crippen MR) is 69.1 cm³/mol. The maximum absolute atomic E-state index is 8.88. The fraction of sp³-hybridized carbons (Fsp3) is 0.545. The van der Waals surface area contributed by atoms with Gasteiger partial charge in [-0.25, -0.2) is 15.8 Å². The summed E-state index contributed by atoms with van der Waals surface area (Å²) in [5, 5.41) is 8.88. The zero-order valence-electron chi connectivity index (χ0n) is 10.8. The van der Waals surface area contributed by atoms with E-state index in [0.29, 0.717) is 30.5 Å². The van der Waals surface area contributed by atoms with Gasteiger partial charge >= 0.3 is 0 Å². The third-order valence-electron chi connectivity index (χ3n) is 2.52. The molecular formula is C11H18N6O. The van der Waals surface area contributed by atoms with Crippen LogP contribution >= 0.6 is 0 Å². The van der Waals surface area contributed by atoms with Crippen molar-refractivity contribution in [1.29, 1.82) is 5.26 Å². The fourth-order valence-electron chi connectivity index (χ4n) is 1.62. The standard InChI is InChI=1S/C11H18N6O/c1-4-17(6-8(2)5-12)11-9(18-3)10(16-13)14-7-15-11/h7-8H,4,6,13H2,1-3H3,(H,14,15,16). The van der Waals surface area contributed by atoms with Crippen molar-refractivity contribution >= 4 is 11.6 Å². The summed E-state index contributed by atoms with van der Waals surface area (Å²) in [6, 6.07) is 2.20. The van der Waals surface area contributed by atoms with Crippen molar-refractivity contribution in [3.63, 3.8) is 0 Å². The maximum atomic E-state index is 8.88. The number of anilines is 2. The first kappa shape index (κ1) is 14.0. The molecule has 0 spiro atoms. The lowest BCUT2D eigenvalue weighted by Gasteiger charge is -2.25. The Hall–Kier alpha value is -2.07. The van der Waals surface area contributed by atoms with E-state index in [0.717, 1.165) is 0 Å². The molecule has 0 aromatic carbocycles. The summed E-state index contributed by atoms with van der Waals surface area (Å²) >= 11 is 0. The van der Waals surface area contributed by atoms with E-state index in [9.17, 15) is 0 Å². The van der Waals surface area contributed by atoms with Crippen LogP contribution in [0.2, 0.25) is 0 Å². The van der Waals surface area contributed by atoms with Crippen LogP contribution < -0.4 is 20.9 Å². The molecule has 0 saturated carbocycles. The zero-order chi connectivity index (χ0) is 13.5. The lowest BCUT2D eigenvalue weighted by molar-refractivity contribution is 0.411. The number of methoxy groups -OCH3 is 1. The van der Waals surface area contributed by atoms with Gasteiger partial charge in [0.15, 0.2) is 11.6 Å². The monoisotopic (exact) mass is 250 g/mol. The topological polar surface area (TPSA) is 100 Å². The molecule has 0 fully saturated rings. The van der Waals surface area contributed by atoms with Gasteiger partial charge in [0.05, 0.1) is 19.1 Å². The van der Waals surface area contributed by atoms with Crippen LogP contribution in [0.4, 0.5) is 11.6 Å². The number of aromatic nitrogens is 2. The second-order valence-electron chi connectivity index (χ2n) is 3.79. The molecule has 0 amide bonds. The highest BCUT2D eigenvalue weighted by Crippen LogP contribution is 2.31. The Bertz CT molecular complexity index is 430. The van der Waals surface area contributed by atoms with Crippen molar-refractivity contribution in [1.82, 2.24) is 9.97 Å². The van der Waals surface area contributed by atoms with Crippen LogP contribution in [0.5, 0.6) is 5.75 Å². The van der Waals surface area contributed by atoms with E-state index < -0.39 is 0 Å². The highest BCUT2D eigenvalue weighted by Gasteiger charge is 2.18. The van der Waals surface area contributed by atoms with Crippen LogP contribution in [0.15, 0.2) is 6.33 Å². The maximum Gasteiger partial charge on any atom is 0.205 e. The number of nitrogens with one attached hydrogen (secondary N) is 1. The third kappa shape index (κ3) is 2.99. The Morgan fingerprint density at radius 2 is 2.33 bits per heavy atom. The Labute approximate surface area is 107 Å². The molecule has 0 aliphatic heterocycles. The first-order chi connectivity index (χ1) is 8.67. The van der Waals surface area contributed by atoms with E-state index in [4.69, 9.17) is 15.8 Å². The number of nitriles is 1. The van der Waals surface area contributed by atoms with E-state index in [-0.39, 0.29) is 5.92 Å². The summed E-state index contributed by atoms with van der Waals surface area (Å²) in [7, 11) is 1.53. The Kier molecular flexibility index (Phi) is 5.14. The molecule has 1 atom stereocenters.